The molecular formula is C19H24ClN3O. The number of rotatable bonds is 3. The molecule has 1 aliphatic heterocycles. The number of nitrogens with one attached hydrogen (secondary N) is 2. The van der Waals surface area contributed by atoms with Gasteiger partial charge < -0.3 is 15.5 Å². The van der Waals surface area contributed by atoms with Gasteiger partial charge in [0.1, 0.15) is 0 Å². The molecular weight excluding hydrogens is 322 g/mol. The first kappa shape index (κ1) is 18.3. The Bertz CT molecular complexity index is 712. The first-order valence-corrected chi connectivity index (χ1v) is 8.09. The normalized spacial score (nSPS) is 14.0. The average molecular weight is 346 g/mol. The van der Waals surface area contributed by atoms with Crippen molar-refractivity contribution < 1.29 is 4.79 Å². The Hall–Kier alpha value is -2.04. The zero-order valence-electron chi connectivity index (χ0n) is 14.1. The maximum absolute atomic E-state index is 12.8. The molecule has 2 aromatic carbocycles. The molecule has 0 unspecified atom stereocenters. The van der Waals surface area contributed by atoms with Gasteiger partial charge >= 0.3 is 0 Å². The van der Waals surface area contributed by atoms with Crippen molar-refractivity contribution in [2.45, 2.75) is 13.8 Å². The Morgan fingerprint density at radius 3 is 2.42 bits per heavy atom. The summed E-state index contributed by atoms with van der Waals surface area (Å²) in [7, 11) is 0. The molecule has 1 saturated heterocycles. The van der Waals surface area contributed by atoms with E-state index in [9.17, 15) is 4.79 Å². The van der Waals surface area contributed by atoms with Gasteiger partial charge in [0.2, 0.25) is 0 Å². The lowest BCUT2D eigenvalue weighted by atomic mass is 10.1. The van der Waals surface area contributed by atoms with Gasteiger partial charge in [0, 0.05) is 31.9 Å². The first-order valence-electron chi connectivity index (χ1n) is 8.09. The largest absolute Gasteiger partial charge is 0.355 e. The molecule has 0 spiro atoms. The van der Waals surface area contributed by atoms with Crippen LogP contribution in [-0.4, -0.2) is 37.0 Å². The Balaban J connectivity index is 0.00000208. The number of amides is 1. The molecule has 1 heterocycles. The molecule has 2 aromatic rings. The number of carbonyl (C=O) groups is 1. The van der Waals surface area contributed by atoms with E-state index in [1.165, 1.54) is 11.1 Å². The van der Waals surface area contributed by atoms with E-state index in [4.69, 9.17) is 0 Å². The SMILES string of the molecule is Cc1cccc(Nc2ccccc2C(=O)N2CCNCC2)c1C.Cl. The zero-order valence-corrected chi connectivity index (χ0v) is 15.0. The highest BCUT2D eigenvalue weighted by Crippen LogP contribution is 2.26. The van der Waals surface area contributed by atoms with Gasteiger partial charge in [-0.15, -0.1) is 12.4 Å². The molecule has 1 aliphatic rings. The topological polar surface area (TPSA) is 44.4 Å². The molecule has 5 heteroatoms. The van der Waals surface area contributed by atoms with Crippen molar-refractivity contribution in [2.75, 3.05) is 31.5 Å². The van der Waals surface area contributed by atoms with Crippen LogP contribution in [-0.2, 0) is 0 Å². The van der Waals surface area contributed by atoms with Gasteiger partial charge in [-0.2, -0.15) is 0 Å². The fourth-order valence-corrected chi connectivity index (χ4v) is 2.85. The van der Waals surface area contributed by atoms with Crippen LogP contribution in [0.3, 0.4) is 0 Å². The van der Waals surface area contributed by atoms with Crippen molar-refractivity contribution in [3.05, 3.63) is 59.2 Å². The van der Waals surface area contributed by atoms with Crippen LogP contribution < -0.4 is 10.6 Å². The Morgan fingerprint density at radius 1 is 1.00 bits per heavy atom. The van der Waals surface area contributed by atoms with Gasteiger partial charge in [0.05, 0.1) is 11.3 Å². The van der Waals surface area contributed by atoms with Crippen molar-refractivity contribution in [3.8, 4) is 0 Å². The summed E-state index contributed by atoms with van der Waals surface area (Å²) in [5, 5.41) is 6.72. The van der Waals surface area contributed by atoms with Crippen LogP contribution in [0.4, 0.5) is 11.4 Å². The number of halogens is 1. The smallest absolute Gasteiger partial charge is 0.256 e. The zero-order chi connectivity index (χ0) is 16.2. The lowest BCUT2D eigenvalue weighted by Crippen LogP contribution is -2.46. The molecule has 3 rings (SSSR count). The summed E-state index contributed by atoms with van der Waals surface area (Å²) in [4.78, 5) is 14.7. The van der Waals surface area contributed by atoms with E-state index in [-0.39, 0.29) is 18.3 Å². The molecule has 0 aromatic heterocycles. The maximum Gasteiger partial charge on any atom is 0.256 e. The summed E-state index contributed by atoms with van der Waals surface area (Å²) in [5.74, 6) is 0.0971. The van der Waals surface area contributed by atoms with Crippen molar-refractivity contribution in [1.82, 2.24) is 10.2 Å². The van der Waals surface area contributed by atoms with Crippen LogP contribution in [0, 0.1) is 13.8 Å². The number of piperazine rings is 1. The number of carbonyl (C=O) groups excluding carboxylic acids is 1. The molecule has 1 amide bonds. The number of anilines is 2. The lowest BCUT2D eigenvalue weighted by Gasteiger charge is -2.28. The third kappa shape index (κ3) is 3.89. The monoisotopic (exact) mass is 345 g/mol. The van der Waals surface area contributed by atoms with Gasteiger partial charge in [-0.3, -0.25) is 4.79 Å². The summed E-state index contributed by atoms with van der Waals surface area (Å²) in [5.41, 5.74) is 5.09. The minimum atomic E-state index is 0. The molecule has 1 fully saturated rings. The van der Waals surface area contributed by atoms with Gasteiger partial charge in [0.25, 0.3) is 5.91 Å². The number of aryl methyl sites for hydroxylation is 1. The van der Waals surface area contributed by atoms with Crippen molar-refractivity contribution in [1.29, 1.82) is 0 Å². The van der Waals surface area contributed by atoms with Crippen molar-refractivity contribution in [3.63, 3.8) is 0 Å². The van der Waals surface area contributed by atoms with Crippen LogP contribution in [0.15, 0.2) is 42.5 Å². The van der Waals surface area contributed by atoms with Gasteiger partial charge in [-0.05, 0) is 43.2 Å². The van der Waals surface area contributed by atoms with E-state index < -0.39 is 0 Å². The molecule has 0 saturated carbocycles. The van der Waals surface area contributed by atoms with E-state index in [0.29, 0.717) is 0 Å². The lowest BCUT2D eigenvalue weighted by molar-refractivity contribution is 0.0737. The molecule has 128 valence electrons. The van der Waals surface area contributed by atoms with Crippen LogP contribution >= 0.6 is 12.4 Å². The Kier molecular flexibility index (Phi) is 6.23. The molecule has 4 nitrogen and oxygen atoms in total. The van der Waals surface area contributed by atoms with Gasteiger partial charge in [-0.1, -0.05) is 24.3 Å². The standard InChI is InChI=1S/C19H23N3O.ClH/c1-14-6-5-9-17(15(14)2)21-18-8-4-3-7-16(18)19(23)22-12-10-20-11-13-22;/h3-9,20-21H,10-13H2,1-2H3;1H. The average Bonchev–Trinajstić information content (AvgIpc) is 2.60. The van der Waals surface area contributed by atoms with E-state index in [2.05, 4.69) is 36.6 Å². The van der Waals surface area contributed by atoms with Gasteiger partial charge in [-0.25, -0.2) is 0 Å². The molecule has 2 N–H and O–H groups in total. The number of hydrogen-bond acceptors (Lipinski definition) is 3. The third-order valence-corrected chi connectivity index (χ3v) is 4.44. The molecule has 0 atom stereocenters. The Labute approximate surface area is 149 Å². The number of para-hydroxylation sites is 1. The second kappa shape index (κ2) is 8.18. The van der Waals surface area contributed by atoms with Crippen LogP contribution in [0.2, 0.25) is 0 Å². The number of nitrogens with zero attached hydrogens (tertiary/aromatic N) is 1. The van der Waals surface area contributed by atoms with E-state index in [1.54, 1.807) is 0 Å². The fraction of sp³-hybridized carbons (Fsp3) is 0.316. The summed E-state index contributed by atoms with van der Waals surface area (Å²) in [6.07, 6.45) is 0. The predicted molar refractivity (Wildman–Crippen MR) is 102 cm³/mol. The van der Waals surface area contributed by atoms with Crippen LogP contribution in [0.1, 0.15) is 21.5 Å². The fourth-order valence-electron chi connectivity index (χ4n) is 2.85. The summed E-state index contributed by atoms with van der Waals surface area (Å²) < 4.78 is 0. The molecule has 0 radical (unpaired) electrons. The minimum Gasteiger partial charge on any atom is -0.355 e. The summed E-state index contributed by atoms with van der Waals surface area (Å²) in [6.45, 7) is 7.43. The first-order chi connectivity index (χ1) is 11.2. The van der Waals surface area contributed by atoms with Crippen LogP contribution in [0.5, 0.6) is 0 Å². The Morgan fingerprint density at radius 2 is 1.67 bits per heavy atom. The quantitative estimate of drug-likeness (QED) is 0.894. The molecule has 0 aliphatic carbocycles. The predicted octanol–water partition coefficient (Wildman–Crippen LogP) is 3.51. The maximum atomic E-state index is 12.8. The second-order valence-corrected chi connectivity index (χ2v) is 5.96. The van der Waals surface area contributed by atoms with Crippen molar-refractivity contribution >= 4 is 29.7 Å². The summed E-state index contributed by atoms with van der Waals surface area (Å²) in [6, 6.07) is 13.9. The van der Waals surface area contributed by atoms with Crippen LogP contribution in [0.25, 0.3) is 0 Å². The number of benzene rings is 2. The van der Waals surface area contributed by atoms with E-state index in [1.807, 2.05) is 35.2 Å². The van der Waals surface area contributed by atoms with Crippen molar-refractivity contribution in [2.24, 2.45) is 0 Å². The summed E-state index contributed by atoms with van der Waals surface area (Å²) >= 11 is 0. The van der Waals surface area contributed by atoms with Gasteiger partial charge in [0.15, 0.2) is 0 Å². The highest BCUT2D eigenvalue weighted by molar-refractivity contribution is 6.00. The van der Waals surface area contributed by atoms with E-state index in [0.717, 1.165) is 43.1 Å². The highest BCUT2D eigenvalue weighted by atomic mass is 35.5. The highest BCUT2D eigenvalue weighted by Gasteiger charge is 2.20. The minimum absolute atomic E-state index is 0. The third-order valence-electron chi connectivity index (χ3n) is 4.44. The van der Waals surface area contributed by atoms with E-state index >= 15 is 0 Å². The molecule has 24 heavy (non-hydrogen) atoms. The molecule has 0 bridgehead atoms. The number of hydrogen-bond donors (Lipinski definition) is 2. The second-order valence-electron chi connectivity index (χ2n) is 5.96.